The molecule has 0 radical (unpaired) electrons. The van der Waals surface area contributed by atoms with E-state index in [1.807, 2.05) is 12.1 Å². The molecule has 1 amide bonds. The highest BCUT2D eigenvalue weighted by molar-refractivity contribution is 5.98. The van der Waals surface area contributed by atoms with Crippen LogP contribution in [-0.4, -0.2) is 29.0 Å². The molecule has 0 fully saturated rings. The average molecular weight is 386 g/mol. The zero-order chi connectivity index (χ0) is 20.2. The van der Waals surface area contributed by atoms with Crippen LogP contribution in [0.3, 0.4) is 0 Å². The Morgan fingerprint density at radius 1 is 1.14 bits per heavy atom. The van der Waals surface area contributed by atoms with Gasteiger partial charge in [-0.05, 0) is 43.0 Å². The molecule has 2 heterocycles. The summed E-state index contributed by atoms with van der Waals surface area (Å²) in [5, 5.41) is 2.99. The summed E-state index contributed by atoms with van der Waals surface area (Å²) in [5.74, 6) is 0.890. The number of anilines is 2. The number of hydrogen-bond donors (Lipinski definition) is 1. The predicted octanol–water partition coefficient (Wildman–Crippen LogP) is 4.21. The second-order valence-electron chi connectivity index (χ2n) is 7.49. The number of benzene rings is 2. The summed E-state index contributed by atoms with van der Waals surface area (Å²) >= 11 is 0. The highest BCUT2D eigenvalue weighted by Gasteiger charge is 2.26. The summed E-state index contributed by atoms with van der Waals surface area (Å²) < 4.78 is 0. The number of nitrogens with zero attached hydrogens (tertiary/aromatic N) is 3. The van der Waals surface area contributed by atoms with Gasteiger partial charge >= 0.3 is 0 Å². The van der Waals surface area contributed by atoms with Gasteiger partial charge in [0.25, 0.3) is 5.91 Å². The summed E-state index contributed by atoms with van der Waals surface area (Å²) in [4.78, 5) is 23.7. The molecule has 1 aliphatic heterocycles. The number of hydrogen-bond acceptors (Lipinski definition) is 4. The maximum Gasteiger partial charge on any atom is 0.251 e. The molecule has 0 atom stereocenters. The summed E-state index contributed by atoms with van der Waals surface area (Å²) in [7, 11) is 0. The van der Waals surface area contributed by atoms with E-state index in [1.54, 1.807) is 6.33 Å². The van der Waals surface area contributed by atoms with Crippen molar-refractivity contribution in [2.24, 2.45) is 0 Å². The van der Waals surface area contributed by atoms with E-state index in [0.29, 0.717) is 6.54 Å². The number of nitrogens with one attached hydrogen (secondary N) is 1. The Kier molecular flexibility index (Phi) is 5.56. The fourth-order valence-electron chi connectivity index (χ4n) is 3.88. The Morgan fingerprint density at radius 2 is 2.00 bits per heavy atom. The Labute approximate surface area is 171 Å². The Hall–Kier alpha value is -3.21. The Bertz CT molecular complexity index is 1030. The second kappa shape index (κ2) is 8.43. The van der Waals surface area contributed by atoms with Crippen LogP contribution in [0.25, 0.3) is 0 Å². The van der Waals surface area contributed by atoms with Gasteiger partial charge in [-0.1, -0.05) is 42.8 Å². The van der Waals surface area contributed by atoms with Crippen molar-refractivity contribution < 1.29 is 4.79 Å². The molecule has 3 aromatic rings. The van der Waals surface area contributed by atoms with Gasteiger partial charge in [0.15, 0.2) is 0 Å². The lowest BCUT2D eigenvalue weighted by molar-refractivity contribution is 0.0953. The Balaban J connectivity index is 1.59. The molecule has 2 aromatic carbocycles. The van der Waals surface area contributed by atoms with Crippen LogP contribution in [0, 0.1) is 6.92 Å². The van der Waals surface area contributed by atoms with Crippen LogP contribution in [0.1, 0.15) is 46.1 Å². The van der Waals surface area contributed by atoms with Gasteiger partial charge in [-0.3, -0.25) is 4.79 Å². The maximum absolute atomic E-state index is 12.5. The van der Waals surface area contributed by atoms with Gasteiger partial charge < -0.3 is 10.2 Å². The molecule has 1 aromatic heterocycles. The number of carbonyl (C=O) groups is 1. The first-order chi connectivity index (χ1) is 14.2. The first kappa shape index (κ1) is 19.1. The topological polar surface area (TPSA) is 58.1 Å². The van der Waals surface area contributed by atoms with Gasteiger partial charge in [-0.15, -0.1) is 0 Å². The third-order valence-electron chi connectivity index (χ3n) is 5.26. The van der Waals surface area contributed by atoms with E-state index in [4.69, 9.17) is 0 Å². The fourth-order valence-corrected chi connectivity index (χ4v) is 3.88. The van der Waals surface area contributed by atoms with Crippen molar-refractivity contribution >= 4 is 17.4 Å². The largest absolute Gasteiger partial charge is 0.352 e. The molecule has 0 saturated carbocycles. The average Bonchev–Trinajstić information content (AvgIpc) is 3.16. The van der Waals surface area contributed by atoms with Crippen LogP contribution in [-0.2, 0) is 12.8 Å². The molecule has 4 rings (SSSR count). The van der Waals surface area contributed by atoms with E-state index in [9.17, 15) is 4.79 Å². The van der Waals surface area contributed by atoms with Gasteiger partial charge in [-0.25, -0.2) is 9.97 Å². The lowest BCUT2D eigenvalue weighted by atomic mass is 10.0. The zero-order valence-electron chi connectivity index (χ0n) is 17.0. The van der Waals surface area contributed by atoms with Gasteiger partial charge in [0.05, 0.1) is 5.69 Å². The Morgan fingerprint density at radius 3 is 2.83 bits per heavy atom. The number of rotatable bonds is 6. The number of aryl methyl sites for hydroxylation is 1. The molecule has 0 aliphatic carbocycles. The van der Waals surface area contributed by atoms with Crippen LogP contribution >= 0.6 is 0 Å². The van der Waals surface area contributed by atoms with E-state index in [1.165, 1.54) is 11.1 Å². The SMILES string of the molecule is CCCNC(=O)c1cccc2c1CCN2c1cc(Cc2cccc(C)c2)ncn1. The number of aromatic nitrogens is 2. The molecule has 1 aliphatic rings. The quantitative estimate of drug-likeness (QED) is 0.689. The first-order valence-electron chi connectivity index (χ1n) is 10.2. The van der Waals surface area contributed by atoms with E-state index in [0.717, 1.165) is 54.1 Å². The molecular weight excluding hydrogens is 360 g/mol. The molecule has 0 bridgehead atoms. The third kappa shape index (κ3) is 4.14. The highest BCUT2D eigenvalue weighted by Crippen LogP contribution is 2.35. The van der Waals surface area contributed by atoms with Crippen molar-refractivity contribution in [2.45, 2.75) is 33.1 Å². The summed E-state index contributed by atoms with van der Waals surface area (Å²) in [5.41, 5.74) is 6.41. The predicted molar refractivity (Wildman–Crippen MR) is 116 cm³/mol. The summed E-state index contributed by atoms with van der Waals surface area (Å²) in [6, 6.07) is 16.5. The molecule has 1 N–H and O–H groups in total. The third-order valence-corrected chi connectivity index (χ3v) is 5.26. The fraction of sp³-hybridized carbons (Fsp3) is 0.292. The van der Waals surface area contributed by atoms with Crippen molar-refractivity contribution in [3.8, 4) is 0 Å². The van der Waals surface area contributed by atoms with Crippen LogP contribution in [0.15, 0.2) is 54.9 Å². The molecule has 5 nitrogen and oxygen atoms in total. The highest BCUT2D eigenvalue weighted by atomic mass is 16.1. The van der Waals surface area contributed by atoms with Gasteiger partial charge in [0.2, 0.25) is 0 Å². The second-order valence-corrected chi connectivity index (χ2v) is 7.49. The maximum atomic E-state index is 12.5. The molecule has 29 heavy (non-hydrogen) atoms. The van der Waals surface area contributed by atoms with Crippen molar-refractivity contribution in [3.63, 3.8) is 0 Å². The molecule has 0 unspecified atom stereocenters. The van der Waals surface area contributed by atoms with Crippen LogP contribution < -0.4 is 10.2 Å². The minimum absolute atomic E-state index is 0.00775. The molecule has 148 valence electrons. The smallest absolute Gasteiger partial charge is 0.251 e. The first-order valence-corrected chi connectivity index (χ1v) is 10.2. The van der Waals surface area contributed by atoms with E-state index in [2.05, 4.69) is 70.4 Å². The van der Waals surface area contributed by atoms with Crippen molar-refractivity contribution in [2.75, 3.05) is 18.0 Å². The van der Waals surface area contributed by atoms with Gasteiger partial charge in [-0.2, -0.15) is 0 Å². The van der Waals surface area contributed by atoms with E-state index < -0.39 is 0 Å². The van der Waals surface area contributed by atoms with Crippen LogP contribution in [0.2, 0.25) is 0 Å². The van der Waals surface area contributed by atoms with Crippen molar-refractivity contribution in [1.82, 2.24) is 15.3 Å². The normalized spacial score (nSPS) is 12.7. The lowest BCUT2D eigenvalue weighted by Crippen LogP contribution is -2.25. The monoisotopic (exact) mass is 386 g/mol. The van der Waals surface area contributed by atoms with Gasteiger partial charge in [0.1, 0.15) is 12.1 Å². The number of amides is 1. The molecule has 5 heteroatoms. The van der Waals surface area contributed by atoms with E-state index in [-0.39, 0.29) is 5.91 Å². The summed E-state index contributed by atoms with van der Waals surface area (Å²) in [6.07, 6.45) is 4.17. The van der Waals surface area contributed by atoms with Crippen LogP contribution in [0.4, 0.5) is 11.5 Å². The number of fused-ring (bicyclic) bond motifs is 1. The zero-order valence-corrected chi connectivity index (χ0v) is 17.0. The minimum Gasteiger partial charge on any atom is -0.352 e. The van der Waals surface area contributed by atoms with Gasteiger partial charge in [0, 0.05) is 36.8 Å². The van der Waals surface area contributed by atoms with Crippen molar-refractivity contribution in [1.29, 1.82) is 0 Å². The van der Waals surface area contributed by atoms with Crippen molar-refractivity contribution in [3.05, 3.63) is 82.8 Å². The molecule has 0 saturated heterocycles. The minimum atomic E-state index is 0.00775. The van der Waals surface area contributed by atoms with E-state index >= 15 is 0 Å². The lowest BCUT2D eigenvalue weighted by Gasteiger charge is -2.19. The number of carbonyl (C=O) groups excluding carboxylic acids is 1. The summed E-state index contributed by atoms with van der Waals surface area (Å²) in [6.45, 7) is 5.67. The molecular formula is C24H26N4O. The molecule has 0 spiro atoms. The standard InChI is InChI=1S/C24H26N4O/c1-3-11-25-24(29)21-8-5-9-22-20(21)10-12-28(22)23-15-19(26-16-27-23)14-18-7-4-6-17(2)13-18/h4-9,13,15-16H,3,10-12,14H2,1-2H3,(H,25,29). The van der Waals surface area contributed by atoms with Crippen LogP contribution in [0.5, 0.6) is 0 Å².